The van der Waals surface area contributed by atoms with Crippen molar-refractivity contribution in [2.75, 3.05) is 49.1 Å². The van der Waals surface area contributed by atoms with E-state index in [2.05, 4.69) is 10.2 Å². The second-order valence-electron chi connectivity index (χ2n) is 8.41. The van der Waals surface area contributed by atoms with Crippen molar-refractivity contribution in [2.24, 2.45) is 0 Å². The summed E-state index contributed by atoms with van der Waals surface area (Å²) in [7, 11) is 0. The Bertz CT molecular complexity index is 935. The van der Waals surface area contributed by atoms with Crippen molar-refractivity contribution >= 4 is 35.1 Å². The number of ether oxygens (including phenoxy) is 2. The van der Waals surface area contributed by atoms with Crippen LogP contribution in [0, 0.1) is 0 Å². The number of nitrogens with zero attached hydrogens (tertiary/aromatic N) is 3. The molecule has 4 rings (SSSR count). The van der Waals surface area contributed by atoms with Gasteiger partial charge in [0, 0.05) is 45.5 Å². The average Bonchev–Trinajstić information content (AvgIpc) is 3.15. The summed E-state index contributed by atoms with van der Waals surface area (Å²) in [6.07, 6.45) is -0.332. The van der Waals surface area contributed by atoms with Gasteiger partial charge < -0.3 is 29.4 Å². The van der Waals surface area contributed by atoms with Crippen LogP contribution in [0.25, 0.3) is 0 Å². The maximum Gasteiger partial charge on any atom is 0.414 e. The smallest absolute Gasteiger partial charge is 0.414 e. The minimum Gasteiger partial charge on any atom is -0.489 e. The van der Waals surface area contributed by atoms with Gasteiger partial charge in [-0.1, -0.05) is 0 Å². The molecule has 0 aliphatic carbocycles. The van der Waals surface area contributed by atoms with Crippen LogP contribution in [0.2, 0.25) is 0 Å². The topological polar surface area (TPSA) is 108 Å². The summed E-state index contributed by atoms with van der Waals surface area (Å²) >= 11 is 0. The van der Waals surface area contributed by atoms with E-state index in [4.69, 9.17) is 9.47 Å². The third-order valence-corrected chi connectivity index (χ3v) is 5.97. The zero-order chi connectivity index (χ0) is 22.8. The van der Waals surface area contributed by atoms with Gasteiger partial charge in [-0.3, -0.25) is 14.5 Å². The summed E-state index contributed by atoms with van der Waals surface area (Å²) in [4.78, 5) is 52.6. The van der Waals surface area contributed by atoms with Gasteiger partial charge in [0.05, 0.1) is 30.5 Å². The van der Waals surface area contributed by atoms with Gasteiger partial charge in [0.1, 0.15) is 24.2 Å². The Morgan fingerprint density at radius 1 is 1.12 bits per heavy atom. The molecule has 3 heterocycles. The van der Waals surface area contributed by atoms with E-state index < -0.39 is 12.2 Å². The van der Waals surface area contributed by atoms with Crippen LogP contribution in [-0.2, 0) is 19.1 Å². The first-order valence-electron chi connectivity index (χ1n) is 10.8. The zero-order valence-corrected chi connectivity index (χ0v) is 18.3. The fourth-order valence-corrected chi connectivity index (χ4v) is 4.29. The minimum atomic E-state index is -0.452. The molecular formula is C22H28N4O6. The molecule has 1 N–H and O–H groups in total. The monoisotopic (exact) mass is 444 g/mol. The highest BCUT2D eigenvalue weighted by molar-refractivity contribution is 5.91. The van der Waals surface area contributed by atoms with Crippen LogP contribution in [0.4, 0.5) is 16.2 Å². The normalized spacial score (nSPS) is 21.9. The Balaban J connectivity index is 1.40. The maximum atomic E-state index is 12.4. The zero-order valence-electron chi connectivity index (χ0n) is 18.3. The molecule has 2 atom stereocenters. The lowest BCUT2D eigenvalue weighted by Gasteiger charge is -2.45. The van der Waals surface area contributed by atoms with Crippen LogP contribution in [0.3, 0.4) is 0 Å². The molecule has 1 aromatic rings. The second kappa shape index (κ2) is 9.05. The quantitative estimate of drug-likeness (QED) is 0.695. The fraction of sp³-hybridized carbons (Fsp3) is 0.545. The molecule has 3 aliphatic rings. The first-order chi connectivity index (χ1) is 15.3. The Kier molecular flexibility index (Phi) is 6.20. The Morgan fingerprint density at radius 3 is 2.69 bits per heavy atom. The average molecular weight is 444 g/mol. The number of Topliss-reactive ketones (excluding diaryl/α,β-unsaturated/α-hetero) is 1. The summed E-state index contributed by atoms with van der Waals surface area (Å²) in [5.74, 6) is 0.540. The van der Waals surface area contributed by atoms with E-state index in [-0.39, 0.29) is 43.0 Å². The van der Waals surface area contributed by atoms with E-state index in [0.717, 1.165) is 5.69 Å². The predicted octanol–water partition coefficient (Wildman–Crippen LogP) is 0.927. The van der Waals surface area contributed by atoms with E-state index >= 15 is 0 Å². The number of rotatable bonds is 6. The van der Waals surface area contributed by atoms with Crippen LogP contribution < -0.4 is 19.9 Å². The van der Waals surface area contributed by atoms with Crippen LogP contribution in [0.5, 0.6) is 5.75 Å². The van der Waals surface area contributed by atoms with E-state index in [1.54, 1.807) is 0 Å². The van der Waals surface area contributed by atoms with Gasteiger partial charge in [-0.15, -0.1) is 0 Å². The lowest BCUT2D eigenvalue weighted by atomic mass is 10.1. The molecule has 0 bridgehead atoms. The standard InChI is InChI=1S/C22H28N4O6/c1-14(27)3-6-21(29)24-7-8-25-17(11-24)13-31-20-9-16(4-5-19(20)25)26-12-18(32-22(26)30)10-23-15(2)28/h4-5,9,17-18H,3,6-8,10-13H2,1-2H3,(H,23,28)/t17-,18-/m0/s1. The number of nitrogens with one attached hydrogen (secondary N) is 1. The number of piperazine rings is 1. The number of fused-ring (bicyclic) bond motifs is 3. The van der Waals surface area contributed by atoms with Gasteiger partial charge in [-0.05, 0) is 19.1 Å². The summed E-state index contributed by atoms with van der Waals surface area (Å²) in [5, 5.41) is 2.67. The number of carbonyl (C=O) groups is 4. The molecule has 0 saturated carbocycles. The molecule has 3 aliphatic heterocycles. The van der Waals surface area contributed by atoms with Crippen molar-refractivity contribution in [3.8, 4) is 5.75 Å². The van der Waals surface area contributed by atoms with Crippen molar-refractivity contribution in [1.29, 1.82) is 0 Å². The molecule has 1 aromatic carbocycles. The lowest BCUT2D eigenvalue weighted by Crippen LogP contribution is -2.58. The Hall–Kier alpha value is -3.30. The number of hydrogen-bond acceptors (Lipinski definition) is 7. The fourth-order valence-electron chi connectivity index (χ4n) is 4.29. The predicted molar refractivity (Wildman–Crippen MR) is 116 cm³/mol. The van der Waals surface area contributed by atoms with Crippen LogP contribution in [0.1, 0.15) is 26.7 Å². The molecule has 2 saturated heterocycles. The van der Waals surface area contributed by atoms with Gasteiger partial charge in [0.2, 0.25) is 11.8 Å². The molecule has 0 radical (unpaired) electrons. The number of amides is 3. The van der Waals surface area contributed by atoms with Gasteiger partial charge in [-0.25, -0.2) is 4.79 Å². The highest BCUT2D eigenvalue weighted by Gasteiger charge is 2.36. The van der Waals surface area contributed by atoms with Gasteiger partial charge >= 0.3 is 6.09 Å². The van der Waals surface area contributed by atoms with Crippen molar-refractivity contribution in [2.45, 2.75) is 38.8 Å². The highest BCUT2D eigenvalue weighted by Crippen LogP contribution is 2.39. The largest absolute Gasteiger partial charge is 0.489 e. The molecular weight excluding hydrogens is 416 g/mol. The van der Waals surface area contributed by atoms with Crippen LogP contribution >= 0.6 is 0 Å². The Morgan fingerprint density at radius 2 is 1.94 bits per heavy atom. The van der Waals surface area contributed by atoms with Crippen molar-refractivity contribution in [3.63, 3.8) is 0 Å². The van der Waals surface area contributed by atoms with Gasteiger partial charge in [0.15, 0.2) is 0 Å². The van der Waals surface area contributed by atoms with E-state index in [1.807, 2.05) is 23.1 Å². The molecule has 10 heteroatoms. The van der Waals surface area contributed by atoms with E-state index in [0.29, 0.717) is 44.2 Å². The van der Waals surface area contributed by atoms with Crippen LogP contribution in [0.15, 0.2) is 18.2 Å². The molecule has 172 valence electrons. The highest BCUT2D eigenvalue weighted by atomic mass is 16.6. The lowest BCUT2D eigenvalue weighted by molar-refractivity contribution is -0.133. The third kappa shape index (κ3) is 4.63. The number of anilines is 2. The molecule has 0 unspecified atom stereocenters. The second-order valence-corrected chi connectivity index (χ2v) is 8.41. The number of hydrogen-bond donors (Lipinski definition) is 1. The third-order valence-electron chi connectivity index (χ3n) is 5.97. The molecule has 3 amide bonds. The number of ketones is 1. The minimum absolute atomic E-state index is 0.00218. The SMILES string of the molecule is CC(=O)CCC(=O)N1CCN2c3ccc(N4C[C@H](CNC(C)=O)OC4=O)cc3OC[C@@H]2C1. The van der Waals surface area contributed by atoms with Crippen molar-refractivity contribution < 1.29 is 28.7 Å². The summed E-state index contributed by atoms with van der Waals surface area (Å²) < 4.78 is 11.3. The number of benzene rings is 1. The maximum absolute atomic E-state index is 12.4. The number of cyclic esters (lactones) is 1. The summed E-state index contributed by atoms with van der Waals surface area (Å²) in [6, 6.07) is 5.66. The number of carbonyl (C=O) groups excluding carboxylic acids is 4. The molecule has 0 aromatic heterocycles. The molecule has 2 fully saturated rings. The summed E-state index contributed by atoms with van der Waals surface area (Å²) in [5.41, 5.74) is 1.61. The van der Waals surface area contributed by atoms with E-state index in [1.165, 1.54) is 18.7 Å². The first-order valence-corrected chi connectivity index (χ1v) is 10.8. The van der Waals surface area contributed by atoms with Gasteiger partial charge in [0.25, 0.3) is 0 Å². The van der Waals surface area contributed by atoms with Crippen molar-refractivity contribution in [1.82, 2.24) is 10.2 Å². The molecule has 0 spiro atoms. The first kappa shape index (κ1) is 21.9. The van der Waals surface area contributed by atoms with Gasteiger partial charge in [-0.2, -0.15) is 0 Å². The Labute approximate surface area is 186 Å². The molecule has 32 heavy (non-hydrogen) atoms. The van der Waals surface area contributed by atoms with Crippen LogP contribution in [-0.4, -0.2) is 80.1 Å². The molecule has 10 nitrogen and oxygen atoms in total. The van der Waals surface area contributed by atoms with E-state index in [9.17, 15) is 19.2 Å². The van der Waals surface area contributed by atoms with Crippen molar-refractivity contribution in [3.05, 3.63) is 18.2 Å². The summed E-state index contributed by atoms with van der Waals surface area (Å²) in [6.45, 7) is 5.80.